The smallest absolute Gasteiger partial charge is 0.0598 e. The van der Waals surface area contributed by atoms with E-state index in [1.165, 1.54) is 32.1 Å². The molecule has 2 nitrogen and oxygen atoms in total. The van der Waals surface area contributed by atoms with Crippen molar-refractivity contribution in [3.8, 4) is 0 Å². The molecule has 0 spiro atoms. The average molecular weight is 286 g/mol. The maximum Gasteiger partial charge on any atom is 0.0598 e. The number of hydrogen-bond acceptors (Lipinski definition) is 2. The molecular weight excluding hydrogens is 246 g/mol. The van der Waals surface area contributed by atoms with Gasteiger partial charge in [0.15, 0.2) is 0 Å². The highest BCUT2D eigenvalue weighted by Crippen LogP contribution is 2.32. The Labute approximate surface area is 128 Å². The summed E-state index contributed by atoms with van der Waals surface area (Å²) >= 11 is 0. The summed E-state index contributed by atoms with van der Waals surface area (Å²) in [7, 11) is 0. The molecule has 0 aliphatic rings. The molecule has 0 amide bonds. The van der Waals surface area contributed by atoms with E-state index in [1.807, 2.05) is 0 Å². The first-order valence-corrected chi connectivity index (χ1v) is 8.59. The topological polar surface area (TPSA) is 21.3 Å². The Bertz CT molecular complexity index is 232. The lowest BCUT2D eigenvalue weighted by Gasteiger charge is -2.35. The predicted molar refractivity (Wildman–Crippen MR) is 90.3 cm³/mol. The average Bonchev–Trinajstić information content (AvgIpc) is 2.33. The van der Waals surface area contributed by atoms with Gasteiger partial charge in [-0.3, -0.25) is 0 Å². The Kier molecular flexibility index (Phi) is 9.74. The van der Waals surface area contributed by atoms with Crippen molar-refractivity contribution in [1.29, 1.82) is 0 Å². The Morgan fingerprint density at radius 1 is 1.05 bits per heavy atom. The molecule has 122 valence electrons. The van der Waals surface area contributed by atoms with Gasteiger partial charge in [0.25, 0.3) is 0 Å². The lowest BCUT2D eigenvalue weighted by Crippen LogP contribution is -2.37. The van der Waals surface area contributed by atoms with Crippen molar-refractivity contribution >= 4 is 0 Å². The van der Waals surface area contributed by atoms with E-state index >= 15 is 0 Å². The number of hydrogen-bond donors (Lipinski definition) is 1. The third-order valence-corrected chi connectivity index (χ3v) is 4.03. The van der Waals surface area contributed by atoms with E-state index in [4.69, 9.17) is 4.74 Å². The highest BCUT2D eigenvalue weighted by Gasteiger charge is 2.27. The van der Waals surface area contributed by atoms with Gasteiger partial charge < -0.3 is 10.1 Å². The molecule has 20 heavy (non-hydrogen) atoms. The molecule has 0 heterocycles. The van der Waals surface area contributed by atoms with Crippen molar-refractivity contribution in [3.63, 3.8) is 0 Å². The summed E-state index contributed by atoms with van der Waals surface area (Å²) in [6, 6.07) is 0. The molecule has 0 aromatic rings. The SMILES string of the molecule is CCCCC(CC)(CCOC(C)(C)C)CNCC(C)C. The third kappa shape index (κ3) is 9.77. The molecular formula is C18H39NO. The van der Waals surface area contributed by atoms with E-state index in [-0.39, 0.29) is 5.60 Å². The second-order valence-corrected chi connectivity index (χ2v) is 7.69. The zero-order valence-electron chi connectivity index (χ0n) is 15.1. The van der Waals surface area contributed by atoms with Crippen LogP contribution in [0.25, 0.3) is 0 Å². The summed E-state index contributed by atoms with van der Waals surface area (Å²) in [6.07, 6.45) is 6.34. The van der Waals surface area contributed by atoms with Gasteiger partial charge in [-0.1, -0.05) is 40.5 Å². The fourth-order valence-corrected chi connectivity index (χ4v) is 2.53. The Morgan fingerprint density at radius 3 is 2.15 bits per heavy atom. The van der Waals surface area contributed by atoms with Crippen LogP contribution < -0.4 is 5.32 Å². The standard InChI is InChI=1S/C18H39NO/c1-8-10-11-18(9-2,15-19-14-16(3)4)12-13-20-17(5,6)7/h16,19H,8-15H2,1-7H3. The van der Waals surface area contributed by atoms with E-state index in [0.717, 1.165) is 25.6 Å². The van der Waals surface area contributed by atoms with Crippen molar-refractivity contribution < 1.29 is 4.74 Å². The van der Waals surface area contributed by atoms with Crippen molar-refractivity contribution in [1.82, 2.24) is 5.32 Å². The molecule has 1 atom stereocenters. The Hall–Kier alpha value is -0.0800. The van der Waals surface area contributed by atoms with Gasteiger partial charge in [0, 0.05) is 13.2 Å². The first-order chi connectivity index (χ1) is 9.24. The molecule has 0 radical (unpaired) electrons. The van der Waals surface area contributed by atoms with Crippen molar-refractivity contribution in [3.05, 3.63) is 0 Å². The lowest BCUT2D eigenvalue weighted by molar-refractivity contribution is -0.0208. The summed E-state index contributed by atoms with van der Waals surface area (Å²) in [5.41, 5.74) is 0.395. The van der Waals surface area contributed by atoms with Crippen LogP contribution in [0.5, 0.6) is 0 Å². The number of nitrogens with one attached hydrogen (secondary N) is 1. The van der Waals surface area contributed by atoms with Crippen molar-refractivity contribution in [2.45, 2.75) is 86.2 Å². The van der Waals surface area contributed by atoms with Crippen LogP contribution in [-0.2, 0) is 4.74 Å². The molecule has 0 aromatic carbocycles. The Balaban J connectivity index is 4.41. The van der Waals surface area contributed by atoms with E-state index in [9.17, 15) is 0 Å². The van der Waals surface area contributed by atoms with Crippen LogP contribution in [0, 0.1) is 11.3 Å². The largest absolute Gasteiger partial charge is 0.376 e. The minimum Gasteiger partial charge on any atom is -0.376 e. The molecule has 0 aromatic heterocycles. The van der Waals surface area contributed by atoms with Gasteiger partial charge in [0.2, 0.25) is 0 Å². The van der Waals surface area contributed by atoms with E-state index in [0.29, 0.717) is 5.41 Å². The van der Waals surface area contributed by atoms with E-state index < -0.39 is 0 Å². The highest BCUT2D eigenvalue weighted by molar-refractivity contribution is 4.81. The van der Waals surface area contributed by atoms with Crippen LogP contribution in [0.3, 0.4) is 0 Å². The maximum absolute atomic E-state index is 5.97. The van der Waals surface area contributed by atoms with Gasteiger partial charge in [-0.15, -0.1) is 0 Å². The van der Waals surface area contributed by atoms with Crippen LogP contribution in [0.4, 0.5) is 0 Å². The fraction of sp³-hybridized carbons (Fsp3) is 1.00. The molecule has 0 fully saturated rings. The predicted octanol–water partition coefficient (Wildman–Crippen LogP) is 5.02. The van der Waals surface area contributed by atoms with E-state index in [2.05, 4.69) is 53.8 Å². The summed E-state index contributed by atoms with van der Waals surface area (Å²) in [6.45, 7) is 18.7. The number of rotatable bonds is 11. The van der Waals surface area contributed by atoms with Gasteiger partial charge in [-0.2, -0.15) is 0 Å². The quantitative estimate of drug-likeness (QED) is 0.575. The minimum atomic E-state index is -0.0183. The van der Waals surface area contributed by atoms with Crippen LogP contribution in [0.1, 0.15) is 80.6 Å². The molecule has 1 unspecified atom stereocenters. The lowest BCUT2D eigenvalue weighted by atomic mass is 9.77. The van der Waals surface area contributed by atoms with E-state index in [1.54, 1.807) is 0 Å². The van der Waals surface area contributed by atoms with Gasteiger partial charge in [-0.05, 0) is 57.9 Å². The van der Waals surface area contributed by atoms with Crippen LogP contribution in [0.15, 0.2) is 0 Å². The van der Waals surface area contributed by atoms with Crippen LogP contribution >= 0.6 is 0 Å². The molecule has 2 heteroatoms. The highest BCUT2D eigenvalue weighted by atomic mass is 16.5. The monoisotopic (exact) mass is 285 g/mol. The summed E-state index contributed by atoms with van der Waals surface area (Å²) in [5.74, 6) is 0.724. The first kappa shape index (κ1) is 19.9. The van der Waals surface area contributed by atoms with Crippen molar-refractivity contribution in [2.24, 2.45) is 11.3 Å². The molecule has 1 N–H and O–H groups in total. The van der Waals surface area contributed by atoms with Gasteiger partial charge in [-0.25, -0.2) is 0 Å². The third-order valence-electron chi connectivity index (χ3n) is 4.03. The summed E-state index contributed by atoms with van der Waals surface area (Å²) in [4.78, 5) is 0. The second-order valence-electron chi connectivity index (χ2n) is 7.69. The van der Waals surface area contributed by atoms with Gasteiger partial charge in [0.05, 0.1) is 5.60 Å². The van der Waals surface area contributed by atoms with Crippen molar-refractivity contribution in [2.75, 3.05) is 19.7 Å². The summed E-state index contributed by atoms with van der Waals surface area (Å²) < 4.78 is 5.97. The zero-order chi connectivity index (χ0) is 15.6. The number of ether oxygens (including phenoxy) is 1. The molecule has 0 saturated heterocycles. The maximum atomic E-state index is 5.97. The van der Waals surface area contributed by atoms with Crippen LogP contribution in [0.2, 0.25) is 0 Å². The minimum absolute atomic E-state index is 0.0183. The fourth-order valence-electron chi connectivity index (χ4n) is 2.53. The molecule has 0 aliphatic carbocycles. The summed E-state index contributed by atoms with van der Waals surface area (Å²) in [5, 5.41) is 3.68. The molecule has 0 saturated carbocycles. The zero-order valence-corrected chi connectivity index (χ0v) is 15.1. The van der Waals surface area contributed by atoms with Gasteiger partial charge >= 0.3 is 0 Å². The van der Waals surface area contributed by atoms with Gasteiger partial charge in [0.1, 0.15) is 0 Å². The van der Waals surface area contributed by atoms with Crippen LogP contribution in [-0.4, -0.2) is 25.3 Å². The molecule has 0 aliphatic heterocycles. The number of unbranched alkanes of at least 4 members (excludes halogenated alkanes) is 1. The first-order valence-electron chi connectivity index (χ1n) is 8.59. The Morgan fingerprint density at radius 2 is 1.70 bits per heavy atom. The second kappa shape index (κ2) is 9.78. The molecule has 0 rings (SSSR count). The normalized spacial score (nSPS) is 15.6. The molecule has 0 bridgehead atoms.